The Labute approximate surface area is 98.8 Å². The van der Waals surface area contributed by atoms with E-state index < -0.39 is 0 Å². The Morgan fingerprint density at radius 3 is 2.59 bits per heavy atom. The van der Waals surface area contributed by atoms with Crippen molar-refractivity contribution >= 4 is 0 Å². The number of aromatic amines is 1. The van der Waals surface area contributed by atoms with Crippen molar-refractivity contribution in [2.75, 3.05) is 13.1 Å². The van der Waals surface area contributed by atoms with Crippen molar-refractivity contribution in [3.05, 3.63) is 32.8 Å². The quantitative estimate of drug-likeness (QED) is 0.763. The summed E-state index contributed by atoms with van der Waals surface area (Å²) in [6, 6.07) is 2.52. The molecule has 0 radical (unpaired) electrons. The number of hydrogen-bond donors (Lipinski definition) is 1. The van der Waals surface area contributed by atoms with Crippen LogP contribution >= 0.6 is 0 Å². The third kappa shape index (κ3) is 3.04. The lowest BCUT2D eigenvalue weighted by atomic mass is 10.2. The third-order valence-corrected chi connectivity index (χ3v) is 2.73. The summed E-state index contributed by atoms with van der Waals surface area (Å²) < 4.78 is 6.93. The number of ether oxygens (including phenoxy) is 1. The summed E-state index contributed by atoms with van der Waals surface area (Å²) >= 11 is 0. The number of hydrogen-bond acceptors (Lipinski definition) is 4. The molecule has 0 saturated carbocycles. The van der Waals surface area contributed by atoms with E-state index in [2.05, 4.69) is 10.00 Å². The van der Waals surface area contributed by atoms with Gasteiger partial charge in [-0.05, 0) is 13.8 Å². The Kier molecular flexibility index (Phi) is 3.44. The number of rotatable bonds is 2. The summed E-state index contributed by atoms with van der Waals surface area (Å²) in [5, 5.41) is 2.52. The fourth-order valence-electron chi connectivity index (χ4n) is 2.17. The lowest BCUT2D eigenvalue weighted by Crippen LogP contribution is -2.47. The van der Waals surface area contributed by atoms with Gasteiger partial charge in [0.05, 0.1) is 18.9 Å². The van der Waals surface area contributed by atoms with Crippen molar-refractivity contribution in [2.45, 2.75) is 32.7 Å². The van der Waals surface area contributed by atoms with Crippen LogP contribution in [0.25, 0.3) is 0 Å². The average molecular weight is 239 g/mol. The van der Waals surface area contributed by atoms with Crippen LogP contribution in [0.1, 0.15) is 13.8 Å². The minimum Gasteiger partial charge on any atom is -0.373 e. The molecule has 1 fully saturated rings. The topological polar surface area (TPSA) is 67.3 Å². The van der Waals surface area contributed by atoms with Gasteiger partial charge in [-0.3, -0.25) is 19.6 Å². The highest BCUT2D eigenvalue weighted by Gasteiger charge is 2.22. The Balaban J connectivity index is 2.12. The molecule has 0 aromatic carbocycles. The molecule has 1 N–H and O–H groups in total. The number of nitrogens with zero attached hydrogens (tertiary/aromatic N) is 2. The molecule has 1 aromatic heterocycles. The molecule has 1 aliphatic rings. The molecule has 0 amide bonds. The van der Waals surface area contributed by atoms with Gasteiger partial charge >= 0.3 is 0 Å². The third-order valence-electron chi connectivity index (χ3n) is 2.73. The van der Waals surface area contributed by atoms with Crippen LogP contribution < -0.4 is 11.1 Å². The average Bonchev–Trinajstić information content (AvgIpc) is 2.22. The molecule has 1 saturated heterocycles. The summed E-state index contributed by atoms with van der Waals surface area (Å²) in [5.41, 5.74) is -0.463. The standard InChI is InChI=1S/C11H17N3O3/c1-8-5-13(6-9(2)17-8)7-14-11(16)4-3-10(15)12-14/h3-4,8-9H,5-7H2,1-2H3,(H,12,15)/t8-,9-/m1/s1. The SMILES string of the molecule is C[C@@H]1CN(Cn2[nH]c(=O)ccc2=O)C[C@@H](C)O1. The monoisotopic (exact) mass is 239 g/mol. The second kappa shape index (κ2) is 4.85. The molecule has 2 atom stereocenters. The highest BCUT2D eigenvalue weighted by molar-refractivity contribution is 4.86. The molecule has 1 aromatic rings. The second-order valence-corrected chi connectivity index (χ2v) is 4.51. The van der Waals surface area contributed by atoms with E-state index in [1.807, 2.05) is 13.8 Å². The van der Waals surface area contributed by atoms with Gasteiger partial charge in [-0.15, -0.1) is 0 Å². The molecule has 6 heteroatoms. The van der Waals surface area contributed by atoms with Gasteiger partial charge in [0.15, 0.2) is 0 Å². The van der Waals surface area contributed by atoms with E-state index in [1.165, 1.54) is 16.8 Å². The normalized spacial score (nSPS) is 26.0. The predicted octanol–water partition coefficient (Wildman–Crippen LogP) is -0.397. The molecule has 17 heavy (non-hydrogen) atoms. The Morgan fingerprint density at radius 2 is 1.94 bits per heavy atom. The van der Waals surface area contributed by atoms with Crippen LogP contribution in [0.5, 0.6) is 0 Å². The zero-order valence-corrected chi connectivity index (χ0v) is 10.0. The van der Waals surface area contributed by atoms with Gasteiger partial charge in [-0.1, -0.05) is 0 Å². The van der Waals surface area contributed by atoms with E-state index in [0.717, 1.165) is 13.1 Å². The molecule has 0 spiro atoms. The zero-order chi connectivity index (χ0) is 12.4. The fraction of sp³-hybridized carbons (Fsp3) is 0.636. The Morgan fingerprint density at radius 1 is 1.29 bits per heavy atom. The van der Waals surface area contributed by atoms with Crippen molar-refractivity contribution in [1.29, 1.82) is 0 Å². The second-order valence-electron chi connectivity index (χ2n) is 4.51. The van der Waals surface area contributed by atoms with Gasteiger partial charge in [0.1, 0.15) is 0 Å². The highest BCUT2D eigenvalue weighted by Crippen LogP contribution is 2.10. The summed E-state index contributed by atoms with van der Waals surface area (Å²) in [6.45, 7) is 5.91. The molecular weight excluding hydrogens is 222 g/mol. The van der Waals surface area contributed by atoms with Crippen LogP contribution in [-0.4, -0.2) is 40.0 Å². The number of nitrogens with one attached hydrogen (secondary N) is 1. The number of aromatic nitrogens is 2. The first-order valence-electron chi connectivity index (χ1n) is 5.72. The first-order chi connectivity index (χ1) is 8.04. The molecule has 2 heterocycles. The minimum absolute atomic E-state index is 0.143. The largest absolute Gasteiger partial charge is 0.373 e. The van der Waals surface area contributed by atoms with Crippen molar-refractivity contribution in [1.82, 2.24) is 14.7 Å². The van der Waals surface area contributed by atoms with Crippen LogP contribution in [0, 0.1) is 0 Å². The van der Waals surface area contributed by atoms with E-state index in [0.29, 0.717) is 6.67 Å². The summed E-state index contributed by atoms with van der Waals surface area (Å²) in [7, 11) is 0. The molecule has 0 bridgehead atoms. The van der Waals surface area contributed by atoms with E-state index in [-0.39, 0.29) is 23.3 Å². The van der Waals surface area contributed by atoms with Gasteiger partial charge in [0.25, 0.3) is 11.1 Å². The van der Waals surface area contributed by atoms with Gasteiger partial charge < -0.3 is 4.74 Å². The van der Waals surface area contributed by atoms with E-state index in [9.17, 15) is 9.59 Å². The first kappa shape index (κ1) is 12.1. The van der Waals surface area contributed by atoms with Crippen LogP contribution in [0.2, 0.25) is 0 Å². The smallest absolute Gasteiger partial charge is 0.266 e. The molecule has 6 nitrogen and oxygen atoms in total. The number of H-pyrrole nitrogens is 1. The summed E-state index contributed by atoms with van der Waals surface area (Å²) in [6.07, 6.45) is 0.287. The predicted molar refractivity (Wildman–Crippen MR) is 62.9 cm³/mol. The number of morpholine rings is 1. The van der Waals surface area contributed by atoms with Gasteiger partial charge in [-0.25, -0.2) is 4.68 Å². The minimum atomic E-state index is -0.265. The van der Waals surface area contributed by atoms with Crippen LogP contribution in [0.3, 0.4) is 0 Å². The van der Waals surface area contributed by atoms with Gasteiger partial charge in [-0.2, -0.15) is 0 Å². The maximum Gasteiger partial charge on any atom is 0.266 e. The highest BCUT2D eigenvalue weighted by atomic mass is 16.5. The van der Waals surface area contributed by atoms with E-state index in [4.69, 9.17) is 4.74 Å². The van der Waals surface area contributed by atoms with Crippen LogP contribution in [0.15, 0.2) is 21.7 Å². The molecule has 94 valence electrons. The lowest BCUT2D eigenvalue weighted by molar-refractivity contribution is -0.0780. The van der Waals surface area contributed by atoms with E-state index >= 15 is 0 Å². The molecule has 2 rings (SSSR count). The lowest BCUT2D eigenvalue weighted by Gasteiger charge is -2.35. The molecule has 0 unspecified atom stereocenters. The summed E-state index contributed by atoms with van der Waals surface area (Å²) in [4.78, 5) is 24.8. The van der Waals surface area contributed by atoms with Gasteiger partial charge in [0.2, 0.25) is 0 Å². The Bertz CT molecular complexity index is 483. The maximum absolute atomic E-state index is 11.5. The van der Waals surface area contributed by atoms with Gasteiger partial charge in [0, 0.05) is 25.2 Å². The van der Waals surface area contributed by atoms with Crippen molar-refractivity contribution < 1.29 is 4.74 Å². The first-order valence-corrected chi connectivity index (χ1v) is 5.72. The van der Waals surface area contributed by atoms with Crippen molar-refractivity contribution in [3.63, 3.8) is 0 Å². The maximum atomic E-state index is 11.5. The molecule has 0 aliphatic carbocycles. The van der Waals surface area contributed by atoms with E-state index in [1.54, 1.807) is 0 Å². The zero-order valence-electron chi connectivity index (χ0n) is 10.0. The van der Waals surface area contributed by atoms with Crippen LogP contribution in [-0.2, 0) is 11.4 Å². The summed E-state index contributed by atoms with van der Waals surface area (Å²) in [5.74, 6) is 0. The molecule has 1 aliphatic heterocycles. The van der Waals surface area contributed by atoms with Crippen molar-refractivity contribution in [2.24, 2.45) is 0 Å². The fourth-order valence-corrected chi connectivity index (χ4v) is 2.17. The van der Waals surface area contributed by atoms with Crippen molar-refractivity contribution in [3.8, 4) is 0 Å². The Hall–Kier alpha value is -1.40. The molecular formula is C11H17N3O3. The van der Waals surface area contributed by atoms with Crippen LogP contribution in [0.4, 0.5) is 0 Å².